The third kappa shape index (κ3) is 2.57. The average Bonchev–Trinajstić information content (AvgIpc) is 2.90. The second kappa shape index (κ2) is 5.60. The molecule has 2 aromatic heterocycles. The molecule has 5 nitrogen and oxygen atoms in total. The molecule has 0 saturated heterocycles. The van der Waals surface area contributed by atoms with Gasteiger partial charge in [0.2, 0.25) is 0 Å². The summed E-state index contributed by atoms with van der Waals surface area (Å²) in [5, 5.41) is 7.93. The fourth-order valence-corrected chi connectivity index (χ4v) is 2.55. The number of fused-ring (bicyclic) bond motifs is 1. The lowest BCUT2D eigenvalue weighted by atomic mass is 10.0. The zero-order valence-electron chi connectivity index (χ0n) is 12.9. The number of amides is 1. The van der Waals surface area contributed by atoms with Crippen LogP contribution in [0.4, 0.5) is 0 Å². The first-order valence-electron chi connectivity index (χ1n) is 7.18. The van der Waals surface area contributed by atoms with E-state index in [-0.39, 0.29) is 5.91 Å². The summed E-state index contributed by atoms with van der Waals surface area (Å²) in [5.41, 5.74) is 4.41. The van der Waals surface area contributed by atoms with Crippen LogP contribution in [0, 0.1) is 13.8 Å². The van der Waals surface area contributed by atoms with Crippen molar-refractivity contribution in [3.8, 4) is 0 Å². The summed E-state index contributed by atoms with van der Waals surface area (Å²) in [6, 6.07) is 9.62. The van der Waals surface area contributed by atoms with Crippen LogP contribution in [-0.4, -0.2) is 20.7 Å². The topological polar surface area (TPSA) is 59.8 Å². The monoisotopic (exact) mass is 294 g/mol. The SMILES string of the molecule is Cc1cc(C(=O)NCc2ccnn2C)c2cccc(C)c2n1. The number of nitrogens with one attached hydrogen (secondary N) is 1. The number of rotatable bonds is 3. The Bertz CT molecular complexity index is 851. The predicted molar refractivity (Wildman–Crippen MR) is 85.6 cm³/mol. The normalized spacial score (nSPS) is 10.9. The Hall–Kier alpha value is -2.69. The minimum Gasteiger partial charge on any atom is -0.346 e. The molecular formula is C17H18N4O. The summed E-state index contributed by atoms with van der Waals surface area (Å²) in [7, 11) is 1.86. The molecule has 0 spiro atoms. The molecule has 0 radical (unpaired) electrons. The van der Waals surface area contributed by atoms with Gasteiger partial charge in [-0.3, -0.25) is 14.5 Å². The van der Waals surface area contributed by atoms with Crippen molar-refractivity contribution < 1.29 is 4.79 Å². The van der Waals surface area contributed by atoms with E-state index in [2.05, 4.69) is 15.4 Å². The first-order chi connectivity index (χ1) is 10.6. The second-order valence-electron chi connectivity index (χ2n) is 5.41. The van der Waals surface area contributed by atoms with Gasteiger partial charge in [0.25, 0.3) is 5.91 Å². The van der Waals surface area contributed by atoms with Crippen LogP contribution < -0.4 is 5.32 Å². The highest BCUT2D eigenvalue weighted by Gasteiger charge is 2.13. The van der Waals surface area contributed by atoms with Crippen LogP contribution in [0.1, 0.15) is 27.3 Å². The van der Waals surface area contributed by atoms with Gasteiger partial charge in [-0.2, -0.15) is 5.10 Å². The van der Waals surface area contributed by atoms with E-state index in [1.807, 2.05) is 51.2 Å². The third-order valence-corrected chi connectivity index (χ3v) is 3.77. The molecule has 0 aliphatic heterocycles. The Kier molecular flexibility index (Phi) is 3.63. The number of nitrogens with zero attached hydrogens (tertiary/aromatic N) is 3. The van der Waals surface area contributed by atoms with Crippen LogP contribution in [0.3, 0.4) is 0 Å². The zero-order chi connectivity index (χ0) is 15.7. The van der Waals surface area contributed by atoms with Gasteiger partial charge < -0.3 is 5.32 Å². The van der Waals surface area contributed by atoms with Crippen molar-refractivity contribution >= 4 is 16.8 Å². The standard InChI is InChI=1S/C17H18N4O/c1-11-5-4-6-14-15(9-12(2)20-16(11)14)17(22)18-10-13-7-8-19-21(13)3/h4-9H,10H2,1-3H3,(H,18,22). The van der Waals surface area contributed by atoms with Crippen molar-refractivity contribution in [3.05, 3.63) is 59.0 Å². The molecule has 0 saturated carbocycles. The summed E-state index contributed by atoms with van der Waals surface area (Å²) in [4.78, 5) is 17.1. The van der Waals surface area contributed by atoms with E-state index >= 15 is 0 Å². The first kappa shape index (κ1) is 14.3. The predicted octanol–water partition coefficient (Wildman–Crippen LogP) is 2.52. The van der Waals surface area contributed by atoms with Gasteiger partial charge in [0.05, 0.1) is 23.3 Å². The van der Waals surface area contributed by atoms with Crippen molar-refractivity contribution in [1.29, 1.82) is 0 Å². The highest BCUT2D eigenvalue weighted by Crippen LogP contribution is 2.21. The molecule has 5 heteroatoms. The Labute approximate surface area is 129 Å². The number of hydrogen-bond donors (Lipinski definition) is 1. The number of carbonyl (C=O) groups excluding carboxylic acids is 1. The first-order valence-corrected chi connectivity index (χ1v) is 7.18. The molecule has 3 aromatic rings. The Balaban J connectivity index is 1.94. The number of hydrogen-bond acceptors (Lipinski definition) is 3. The fraction of sp³-hybridized carbons (Fsp3) is 0.235. The van der Waals surface area contributed by atoms with Crippen LogP contribution in [0.5, 0.6) is 0 Å². The van der Waals surface area contributed by atoms with E-state index in [0.717, 1.165) is 27.9 Å². The largest absolute Gasteiger partial charge is 0.346 e. The van der Waals surface area contributed by atoms with Gasteiger partial charge in [-0.05, 0) is 31.5 Å². The molecule has 0 aliphatic carbocycles. The van der Waals surface area contributed by atoms with E-state index < -0.39 is 0 Å². The molecule has 0 fully saturated rings. The van der Waals surface area contributed by atoms with Crippen LogP contribution in [0.15, 0.2) is 36.5 Å². The maximum absolute atomic E-state index is 12.6. The molecule has 1 amide bonds. The number of benzene rings is 1. The van der Waals surface area contributed by atoms with Crippen molar-refractivity contribution in [2.24, 2.45) is 7.05 Å². The molecule has 1 N–H and O–H groups in total. The molecule has 2 heterocycles. The van der Waals surface area contributed by atoms with Gasteiger partial charge in [0, 0.05) is 24.3 Å². The zero-order valence-corrected chi connectivity index (χ0v) is 12.9. The molecular weight excluding hydrogens is 276 g/mol. The van der Waals surface area contributed by atoms with E-state index in [4.69, 9.17) is 0 Å². The lowest BCUT2D eigenvalue weighted by Crippen LogP contribution is -2.24. The minimum atomic E-state index is -0.0951. The molecule has 0 atom stereocenters. The maximum Gasteiger partial charge on any atom is 0.252 e. The van der Waals surface area contributed by atoms with Crippen LogP contribution >= 0.6 is 0 Å². The van der Waals surface area contributed by atoms with E-state index in [1.165, 1.54) is 0 Å². The number of carbonyl (C=O) groups is 1. The van der Waals surface area contributed by atoms with Gasteiger partial charge in [-0.25, -0.2) is 0 Å². The van der Waals surface area contributed by atoms with Crippen LogP contribution in [0.25, 0.3) is 10.9 Å². The number of aromatic nitrogens is 3. The summed E-state index contributed by atoms with van der Waals surface area (Å²) >= 11 is 0. The van der Waals surface area contributed by atoms with Gasteiger partial charge in [0.15, 0.2) is 0 Å². The quantitative estimate of drug-likeness (QED) is 0.807. The Morgan fingerprint density at radius 1 is 1.27 bits per heavy atom. The molecule has 0 unspecified atom stereocenters. The van der Waals surface area contributed by atoms with Crippen molar-refractivity contribution in [3.63, 3.8) is 0 Å². The fourth-order valence-electron chi connectivity index (χ4n) is 2.55. The Morgan fingerprint density at radius 3 is 2.82 bits per heavy atom. The van der Waals surface area contributed by atoms with Crippen molar-refractivity contribution in [2.45, 2.75) is 20.4 Å². The average molecular weight is 294 g/mol. The molecule has 22 heavy (non-hydrogen) atoms. The minimum absolute atomic E-state index is 0.0951. The summed E-state index contributed by atoms with van der Waals surface area (Å²) < 4.78 is 1.75. The van der Waals surface area contributed by atoms with Crippen LogP contribution in [0.2, 0.25) is 0 Å². The number of aryl methyl sites for hydroxylation is 3. The lowest BCUT2D eigenvalue weighted by molar-refractivity contribution is 0.0951. The van der Waals surface area contributed by atoms with Crippen LogP contribution in [-0.2, 0) is 13.6 Å². The number of pyridine rings is 1. The Morgan fingerprint density at radius 2 is 2.09 bits per heavy atom. The highest BCUT2D eigenvalue weighted by atomic mass is 16.1. The van der Waals surface area contributed by atoms with Gasteiger partial charge in [0.1, 0.15) is 0 Å². The molecule has 0 bridgehead atoms. The molecule has 0 aliphatic rings. The van der Waals surface area contributed by atoms with E-state index in [1.54, 1.807) is 10.9 Å². The van der Waals surface area contributed by atoms with Gasteiger partial charge in [-0.1, -0.05) is 18.2 Å². The number of para-hydroxylation sites is 1. The second-order valence-corrected chi connectivity index (χ2v) is 5.41. The smallest absolute Gasteiger partial charge is 0.252 e. The summed E-state index contributed by atoms with van der Waals surface area (Å²) in [6.45, 7) is 4.36. The maximum atomic E-state index is 12.6. The lowest BCUT2D eigenvalue weighted by Gasteiger charge is -2.10. The van der Waals surface area contributed by atoms with E-state index in [0.29, 0.717) is 12.1 Å². The third-order valence-electron chi connectivity index (χ3n) is 3.77. The van der Waals surface area contributed by atoms with Gasteiger partial charge >= 0.3 is 0 Å². The molecule has 3 rings (SSSR count). The van der Waals surface area contributed by atoms with Crippen molar-refractivity contribution in [1.82, 2.24) is 20.1 Å². The summed E-state index contributed by atoms with van der Waals surface area (Å²) in [6.07, 6.45) is 1.72. The molecule has 112 valence electrons. The van der Waals surface area contributed by atoms with Crippen molar-refractivity contribution in [2.75, 3.05) is 0 Å². The summed E-state index contributed by atoms with van der Waals surface area (Å²) in [5.74, 6) is -0.0951. The van der Waals surface area contributed by atoms with E-state index in [9.17, 15) is 4.79 Å². The molecule has 1 aromatic carbocycles. The highest BCUT2D eigenvalue weighted by molar-refractivity contribution is 6.06. The van der Waals surface area contributed by atoms with Gasteiger partial charge in [-0.15, -0.1) is 0 Å².